The van der Waals surface area contributed by atoms with Crippen molar-refractivity contribution in [1.29, 1.82) is 0 Å². The molecule has 2 N–H and O–H groups in total. The van der Waals surface area contributed by atoms with Gasteiger partial charge in [-0.1, -0.05) is 17.8 Å². The second kappa shape index (κ2) is 5.27. The van der Waals surface area contributed by atoms with E-state index >= 15 is 0 Å². The molecule has 0 saturated heterocycles. The summed E-state index contributed by atoms with van der Waals surface area (Å²) in [4.78, 5) is 22.2. The molecule has 19 heavy (non-hydrogen) atoms. The van der Waals surface area contributed by atoms with Crippen LogP contribution in [0.3, 0.4) is 0 Å². The minimum Gasteiger partial charge on any atom is -0.481 e. The molecule has 0 aliphatic rings. The Kier molecular flexibility index (Phi) is 3.70. The maximum Gasteiger partial charge on any atom is 0.348 e. The maximum absolute atomic E-state index is 13.5. The van der Waals surface area contributed by atoms with Gasteiger partial charge in [0.2, 0.25) is 0 Å². The minimum absolute atomic E-state index is 0.177. The highest BCUT2D eigenvalue weighted by Gasteiger charge is 2.13. The third-order valence-corrected chi connectivity index (χ3v) is 3.30. The van der Waals surface area contributed by atoms with Crippen LogP contribution in [0.5, 0.6) is 0 Å². The largest absolute Gasteiger partial charge is 0.481 e. The Labute approximate surface area is 111 Å². The highest BCUT2D eigenvalue weighted by atomic mass is 32.2. The van der Waals surface area contributed by atoms with Crippen LogP contribution in [0.2, 0.25) is 0 Å². The summed E-state index contributed by atoms with van der Waals surface area (Å²) < 4.78 is 14.6. The molecule has 1 heterocycles. The van der Waals surface area contributed by atoms with E-state index in [1.807, 2.05) is 0 Å². The van der Waals surface area contributed by atoms with E-state index in [1.165, 1.54) is 12.1 Å². The van der Waals surface area contributed by atoms with Gasteiger partial charge in [0.1, 0.15) is 5.82 Å². The second-order valence-electron chi connectivity index (χ2n) is 3.76. The molecule has 0 amide bonds. The molecule has 0 unspecified atom stereocenters. The van der Waals surface area contributed by atoms with Gasteiger partial charge >= 0.3 is 11.7 Å². The van der Waals surface area contributed by atoms with Gasteiger partial charge in [-0.2, -0.15) is 0 Å². The van der Waals surface area contributed by atoms with E-state index in [4.69, 9.17) is 5.11 Å². The first-order chi connectivity index (χ1) is 8.99. The highest BCUT2D eigenvalue weighted by Crippen LogP contribution is 2.19. The van der Waals surface area contributed by atoms with E-state index in [-0.39, 0.29) is 10.9 Å². The van der Waals surface area contributed by atoms with Crippen molar-refractivity contribution in [3.05, 3.63) is 40.1 Å². The first-order valence-corrected chi connectivity index (χ1v) is 6.26. The van der Waals surface area contributed by atoms with Crippen molar-refractivity contribution < 1.29 is 14.3 Å². The molecule has 1 aromatic heterocycles. The van der Waals surface area contributed by atoms with Crippen molar-refractivity contribution in [1.82, 2.24) is 14.8 Å². The van der Waals surface area contributed by atoms with Gasteiger partial charge < -0.3 is 5.11 Å². The summed E-state index contributed by atoms with van der Waals surface area (Å²) in [6.45, 7) is 1.61. The summed E-state index contributed by atoms with van der Waals surface area (Å²) in [7, 11) is 0. The number of aryl methyl sites for hydroxylation is 1. The molecule has 0 spiro atoms. The second-order valence-corrected chi connectivity index (χ2v) is 4.71. The van der Waals surface area contributed by atoms with Crippen LogP contribution in [-0.4, -0.2) is 31.6 Å². The van der Waals surface area contributed by atoms with Crippen molar-refractivity contribution in [2.24, 2.45) is 0 Å². The van der Waals surface area contributed by atoms with Crippen molar-refractivity contribution in [2.75, 3.05) is 5.75 Å². The predicted molar refractivity (Wildman–Crippen MR) is 67.2 cm³/mol. The monoisotopic (exact) mass is 283 g/mol. The number of nitrogens with one attached hydrogen (secondary N) is 1. The van der Waals surface area contributed by atoms with Crippen LogP contribution in [0.4, 0.5) is 4.39 Å². The summed E-state index contributed by atoms with van der Waals surface area (Å²) in [5, 5.41) is 14.7. The fourth-order valence-electron chi connectivity index (χ4n) is 1.45. The smallest absolute Gasteiger partial charge is 0.348 e. The molecular formula is C11H10FN3O3S. The number of rotatable bonds is 4. The summed E-state index contributed by atoms with van der Waals surface area (Å²) in [6.07, 6.45) is 0. The summed E-state index contributed by atoms with van der Waals surface area (Å²) in [5.74, 6) is -1.71. The third kappa shape index (κ3) is 2.84. The number of hydrogen-bond donors (Lipinski definition) is 2. The average Bonchev–Trinajstić information content (AvgIpc) is 2.71. The number of carbonyl (C=O) groups is 1. The summed E-state index contributed by atoms with van der Waals surface area (Å²) >= 11 is 0.879. The van der Waals surface area contributed by atoms with Crippen molar-refractivity contribution in [2.45, 2.75) is 12.1 Å². The molecule has 2 rings (SSSR count). The van der Waals surface area contributed by atoms with Gasteiger partial charge in [-0.15, -0.1) is 5.10 Å². The van der Waals surface area contributed by atoms with Crippen molar-refractivity contribution in [3.63, 3.8) is 0 Å². The van der Waals surface area contributed by atoms with Crippen molar-refractivity contribution >= 4 is 17.7 Å². The number of hydrogen-bond acceptors (Lipinski definition) is 4. The highest BCUT2D eigenvalue weighted by molar-refractivity contribution is 7.99. The Morgan fingerprint density at radius 1 is 1.58 bits per heavy atom. The van der Waals surface area contributed by atoms with Crippen LogP contribution < -0.4 is 5.69 Å². The standard InChI is InChI=1S/C11H10FN3O3S/c1-6-2-3-7(4-8(6)12)15-10(18)13-14-11(15)19-5-9(16)17/h2-4H,5H2,1H3,(H,13,18)(H,16,17). The lowest BCUT2D eigenvalue weighted by molar-refractivity contribution is -0.133. The Hall–Kier alpha value is -2.09. The molecule has 2 aromatic rings. The van der Waals surface area contributed by atoms with Crippen LogP contribution in [-0.2, 0) is 4.79 Å². The minimum atomic E-state index is -1.03. The first kappa shape index (κ1) is 13.3. The van der Waals surface area contributed by atoms with Crippen LogP contribution in [0.15, 0.2) is 28.2 Å². The zero-order chi connectivity index (χ0) is 14.0. The number of aromatic amines is 1. The normalized spacial score (nSPS) is 10.6. The number of benzene rings is 1. The number of halogens is 1. The van der Waals surface area contributed by atoms with E-state index < -0.39 is 17.5 Å². The fourth-order valence-corrected chi connectivity index (χ4v) is 2.13. The van der Waals surface area contributed by atoms with Crippen LogP contribution in [0.25, 0.3) is 5.69 Å². The van der Waals surface area contributed by atoms with Gasteiger partial charge in [0.15, 0.2) is 5.16 Å². The Balaban J connectivity index is 2.43. The lowest BCUT2D eigenvalue weighted by atomic mass is 10.2. The maximum atomic E-state index is 13.5. The average molecular weight is 283 g/mol. The van der Waals surface area contributed by atoms with Gasteiger partial charge in [-0.3, -0.25) is 4.79 Å². The Morgan fingerprint density at radius 2 is 2.32 bits per heavy atom. The van der Waals surface area contributed by atoms with E-state index in [0.29, 0.717) is 11.3 Å². The molecule has 0 aliphatic heterocycles. The number of thioether (sulfide) groups is 1. The number of aromatic nitrogens is 3. The van der Waals surface area contributed by atoms with Gasteiger partial charge in [0, 0.05) is 0 Å². The van der Waals surface area contributed by atoms with Gasteiger partial charge in [-0.05, 0) is 24.6 Å². The molecule has 1 aromatic carbocycles. The van der Waals surface area contributed by atoms with Gasteiger partial charge in [0.05, 0.1) is 11.4 Å². The number of aliphatic carboxylic acids is 1. The van der Waals surface area contributed by atoms with E-state index in [0.717, 1.165) is 16.3 Å². The molecule has 0 atom stereocenters. The van der Waals surface area contributed by atoms with E-state index in [1.54, 1.807) is 13.0 Å². The zero-order valence-corrected chi connectivity index (χ0v) is 10.7. The quantitative estimate of drug-likeness (QED) is 0.823. The van der Waals surface area contributed by atoms with Crippen LogP contribution in [0.1, 0.15) is 5.56 Å². The molecule has 0 radical (unpaired) electrons. The van der Waals surface area contributed by atoms with Gasteiger partial charge in [-0.25, -0.2) is 18.9 Å². The number of carboxylic acids is 1. The molecule has 100 valence electrons. The molecule has 8 heteroatoms. The number of H-pyrrole nitrogens is 1. The third-order valence-electron chi connectivity index (χ3n) is 2.38. The lowest BCUT2D eigenvalue weighted by Crippen LogP contribution is -2.16. The molecule has 0 saturated carbocycles. The topological polar surface area (TPSA) is 88.0 Å². The zero-order valence-electron chi connectivity index (χ0n) is 9.88. The van der Waals surface area contributed by atoms with Crippen LogP contribution in [0, 0.1) is 12.7 Å². The van der Waals surface area contributed by atoms with E-state index in [9.17, 15) is 14.0 Å². The molecule has 6 nitrogen and oxygen atoms in total. The Bertz CT molecular complexity index is 680. The lowest BCUT2D eigenvalue weighted by Gasteiger charge is -2.05. The van der Waals surface area contributed by atoms with Gasteiger partial charge in [0.25, 0.3) is 0 Å². The number of nitrogens with zero attached hydrogens (tertiary/aromatic N) is 2. The summed E-state index contributed by atoms with van der Waals surface area (Å²) in [5.41, 5.74) is 0.214. The van der Waals surface area contributed by atoms with Crippen LogP contribution >= 0.6 is 11.8 Å². The fraction of sp³-hybridized carbons (Fsp3) is 0.182. The summed E-state index contributed by atoms with van der Waals surface area (Å²) in [6, 6.07) is 4.31. The molecule has 0 bridgehead atoms. The molecule has 0 fully saturated rings. The van der Waals surface area contributed by atoms with Crippen molar-refractivity contribution in [3.8, 4) is 5.69 Å². The number of carboxylic acid groups (broad SMARTS) is 1. The Morgan fingerprint density at radius 3 is 2.95 bits per heavy atom. The molecular weight excluding hydrogens is 273 g/mol. The molecule has 0 aliphatic carbocycles. The van der Waals surface area contributed by atoms with E-state index in [2.05, 4.69) is 10.2 Å². The first-order valence-electron chi connectivity index (χ1n) is 5.27. The predicted octanol–water partition coefficient (Wildman–Crippen LogP) is 1.18. The SMILES string of the molecule is Cc1ccc(-n2c(SCC(=O)O)n[nH]c2=O)cc1F.